The second-order valence-electron chi connectivity index (χ2n) is 4.37. The van der Waals surface area contributed by atoms with Gasteiger partial charge in [0.2, 0.25) is 0 Å². The van der Waals surface area contributed by atoms with E-state index >= 15 is 0 Å². The van der Waals surface area contributed by atoms with Crippen LogP contribution >= 0.6 is 11.8 Å². The fraction of sp³-hybridized carbons (Fsp3) is 0.545. The topological polar surface area (TPSA) is 38.9 Å². The Hall–Kier alpha value is -0.700. The summed E-state index contributed by atoms with van der Waals surface area (Å²) in [5, 5.41) is 0. The van der Waals surface area contributed by atoms with E-state index in [-0.39, 0.29) is 0 Å². The fourth-order valence-electron chi connectivity index (χ4n) is 1.66. The van der Waals surface area contributed by atoms with E-state index in [2.05, 4.69) is 18.0 Å². The molecule has 2 rings (SSSR count). The molecule has 0 saturated heterocycles. The van der Waals surface area contributed by atoms with E-state index < -0.39 is 0 Å². The normalized spacial score (nSPS) is 18.9. The SMILES string of the molecule is CC1(CSc2ccc(N)nc2)CCC1. The van der Waals surface area contributed by atoms with Gasteiger partial charge < -0.3 is 5.73 Å². The van der Waals surface area contributed by atoms with Crippen LogP contribution in [0.4, 0.5) is 5.82 Å². The number of thioether (sulfide) groups is 1. The molecule has 14 heavy (non-hydrogen) atoms. The van der Waals surface area contributed by atoms with Crippen molar-refractivity contribution in [2.45, 2.75) is 31.1 Å². The quantitative estimate of drug-likeness (QED) is 0.776. The Kier molecular flexibility index (Phi) is 2.68. The first-order valence-electron chi connectivity index (χ1n) is 5.02. The zero-order chi connectivity index (χ0) is 10.0. The molecule has 0 unspecified atom stereocenters. The molecule has 1 saturated carbocycles. The maximum Gasteiger partial charge on any atom is 0.123 e. The minimum Gasteiger partial charge on any atom is -0.384 e. The average molecular weight is 208 g/mol. The number of hydrogen-bond acceptors (Lipinski definition) is 3. The van der Waals surface area contributed by atoms with Gasteiger partial charge in [-0.1, -0.05) is 13.3 Å². The molecule has 0 aliphatic heterocycles. The summed E-state index contributed by atoms with van der Waals surface area (Å²) >= 11 is 1.89. The minimum atomic E-state index is 0.575. The smallest absolute Gasteiger partial charge is 0.123 e. The summed E-state index contributed by atoms with van der Waals surface area (Å²) in [5.41, 5.74) is 6.10. The number of nitrogen functional groups attached to an aromatic ring is 1. The summed E-state index contributed by atoms with van der Waals surface area (Å²) in [6.45, 7) is 2.37. The van der Waals surface area contributed by atoms with Crippen LogP contribution in [0.15, 0.2) is 23.2 Å². The molecule has 1 aromatic heterocycles. The number of hydrogen-bond donors (Lipinski definition) is 1. The van der Waals surface area contributed by atoms with Gasteiger partial charge in [0, 0.05) is 16.8 Å². The predicted octanol–water partition coefficient (Wildman–Crippen LogP) is 2.95. The lowest BCUT2D eigenvalue weighted by Gasteiger charge is -2.38. The molecule has 0 amide bonds. The van der Waals surface area contributed by atoms with Crippen molar-refractivity contribution in [1.29, 1.82) is 0 Å². The third-order valence-electron chi connectivity index (χ3n) is 2.91. The molecule has 2 N–H and O–H groups in total. The van der Waals surface area contributed by atoms with Crippen molar-refractivity contribution in [3.8, 4) is 0 Å². The standard InChI is InChI=1S/C11H16N2S/c1-11(5-2-6-11)8-14-9-3-4-10(12)13-7-9/h3-4,7H,2,5-6,8H2,1H3,(H2,12,13). The summed E-state index contributed by atoms with van der Waals surface area (Å²) in [5.74, 6) is 1.81. The zero-order valence-electron chi connectivity index (χ0n) is 8.49. The van der Waals surface area contributed by atoms with Crippen LogP contribution in [0, 0.1) is 5.41 Å². The van der Waals surface area contributed by atoms with E-state index in [1.807, 2.05) is 24.0 Å². The number of aromatic nitrogens is 1. The van der Waals surface area contributed by atoms with Gasteiger partial charge in [0.05, 0.1) is 0 Å². The Labute approximate surface area is 89.3 Å². The first kappa shape index (κ1) is 9.84. The van der Waals surface area contributed by atoms with Crippen LogP contribution in [0.25, 0.3) is 0 Å². The summed E-state index contributed by atoms with van der Waals surface area (Å²) in [7, 11) is 0. The number of anilines is 1. The minimum absolute atomic E-state index is 0.575. The highest BCUT2D eigenvalue weighted by Crippen LogP contribution is 2.43. The van der Waals surface area contributed by atoms with Gasteiger partial charge in [0.25, 0.3) is 0 Å². The van der Waals surface area contributed by atoms with Crippen molar-refractivity contribution in [2.75, 3.05) is 11.5 Å². The third kappa shape index (κ3) is 2.21. The summed E-state index contributed by atoms with van der Waals surface area (Å²) in [6.07, 6.45) is 6.02. The molecule has 76 valence electrons. The third-order valence-corrected chi connectivity index (χ3v) is 4.32. The van der Waals surface area contributed by atoms with E-state index in [0.29, 0.717) is 11.2 Å². The molecule has 0 bridgehead atoms. The largest absolute Gasteiger partial charge is 0.384 e. The van der Waals surface area contributed by atoms with Crippen LogP contribution in [0.1, 0.15) is 26.2 Å². The van der Waals surface area contributed by atoms with E-state index in [9.17, 15) is 0 Å². The van der Waals surface area contributed by atoms with E-state index in [1.165, 1.54) is 29.9 Å². The van der Waals surface area contributed by atoms with Gasteiger partial charge in [-0.3, -0.25) is 0 Å². The second kappa shape index (κ2) is 3.81. The number of rotatable bonds is 3. The molecule has 1 heterocycles. The van der Waals surface area contributed by atoms with Crippen molar-refractivity contribution < 1.29 is 0 Å². The van der Waals surface area contributed by atoms with E-state index in [0.717, 1.165) is 0 Å². The lowest BCUT2D eigenvalue weighted by Crippen LogP contribution is -2.27. The molecule has 0 aromatic carbocycles. The monoisotopic (exact) mass is 208 g/mol. The highest BCUT2D eigenvalue weighted by atomic mass is 32.2. The van der Waals surface area contributed by atoms with Crippen molar-refractivity contribution in [1.82, 2.24) is 4.98 Å². The zero-order valence-corrected chi connectivity index (χ0v) is 9.31. The molecule has 1 aliphatic rings. The van der Waals surface area contributed by atoms with Gasteiger partial charge in [-0.2, -0.15) is 0 Å². The van der Waals surface area contributed by atoms with Crippen molar-refractivity contribution in [3.05, 3.63) is 18.3 Å². The molecule has 1 aromatic rings. The van der Waals surface area contributed by atoms with Gasteiger partial charge >= 0.3 is 0 Å². The Morgan fingerprint density at radius 1 is 1.50 bits per heavy atom. The summed E-state index contributed by atoms with van der Waals surface area (Å²) in [6, 6.07) is 3.92. The maximum atomic E-state index is 5.53. The summed E-state index contributed by atoms with van der Waals surface area (Å²) < 4.78 is 0. The Morgan fingerprint density at radius 2 is 2.29 bits per heavy atom. The lowest BCUT2D eigenvalue weighted by molar-refractivity contribution is 0.197. The van der Waals surface area contributed by atoms with E-state index in [1.54, 1.807) is 0 Å². The summed E-state index contributed by atoms with van der Waals surface area (Å²) in [4.78, 5) is 5.31. The Morgan fingerprint density at radius 3 is 2.79 bits per heavy atom. The molecule has 1 aliphatic carbocycles. The molecule has 2 nitrogen and oxygen atoms in total. The fourth-order valence-corrected chi connectivity index (χ4v) is 2.75. The molecular formula is C11H16N2S. The van der Waals surface area contributed by atoms with Gasteiger partial charge in [-0.25, -0.2) is 4.98 Å². The molecule has 0 radical (unpaired) electrons. The number of pyridine rings is 1. The van der Waals surface area contributed by atoms with Gasteiger partial charge in [0.1, 0.15) is 5.82 Å². The maximum absolute atomic E-state index is 5.53. The van der Waals surface area contributed by atoms with E-state index in [4.69, 9.17) is 5.73 Å². The number of nitrogens with zero attached hydrogens (tertiary/aromatic N) is 1. The van der Waals surface area contributed by atoms with Crippen LogP contribution < -0.4 is 5.73 Å². The van der Waals surface area contributed by atoms with Crippen LogP contribution in [-0.4, -0.2) is 10.7 Å². The molecule has 1 fully saturated rings. The van der Waals surface area contributed by atoms with Crippen molar-refractivity contribution in [2.24, 2.45) is 5.41 Å². The predicted molar refractivity (Wildman–Crippen MR) is 61.3 cm³/mol. The first-order valence-corrected chi connectivity index (χ1v) is 6.01. The van der Waals surface area contributed by atoms with Crippen LogP contribution in [0.5, 0.6) is 0 Å². The van der Waals surface area contributed by atoms with Crippen LogP contribution in [-0.2, 0) is 0 Å². The lowest BCUT2D eigenvalue weighted by atomic mass is 9.72. The highest BCUT2D eigenvalue weighted by Gasteiger charge is 2.31. The highest BCUT2D eigenvalue weighted by molar-refractivity contribution is 7.99. The van der Waals surface area contributed by atoms with Gasteiger partial charge in [0.15, 0.2) is 0 Å². The molecular weight excluding hydrogens is 192 g/mol. The molecule has 0 atom stereocenters. The second-order valence-corrected chi connectivity index (χ2v) is 5.42. The molecule has 3 heteroatoms. The van der Waals surface area contributed by atoms with Crippen molar-refractivity contribution >= 4 is 17.6 Å². The molecule has 0 spiro atoms. The number of nitrogens with two attached hydrogens (primary N) is 1. The first-order chi connectivity index (χ1) is 6.68. The van der Waals surface area contributed by atoms with Crippen LogP contribution in [0.3, 0.4) is 0 Å². The average Bonchev–Trinajstić information content (AvgIpc) is 2.14. The Bertz CT molecular complexity index is 304. The Balaban J connectivity index is 1.88. The van der Waals surface area contributed by atoms with Gasteiger partial charge in [-0.15, -0.1) is 11.8 Å². The van der Waals surface area contributed by atoms with Crippen LogP contribution in [0.2, 0.25) is 0 Å². The van der Waals surface area contributed by atoms with Crippen molar-refractivity contribution in [3.63, 3.8) is 0 Å². The van der Waals surface area contributed by atoms with Gasteiger partial charge in [-0.05, 0) is 30.4 Å².